The SMILES string of the molecule is Cc1nc(NC(=O)OC(C)(C)C)ccc1CNC(=O)[C@H](C)OC(N)=O. The van der Waals surface area contributed by atoms with Gasteiger partial charge in [0.1, 0.15) is 11.4 Å². The number of rotatable bonds is 5. The molecule has 4 N–H and O–H groups in total. The number of nitrogens with zero attached hydrogens (tertiary/aromatic N) is 1. The van der Waals surface area contributed by atoms with Crippen LogP contribution in [0.1, 0.15) is 39.0 Å². The smallest absolute Gasteiger partial charge is 0.413 e. The number of pyridine rings is 1. The number of aryl methyl sites for hydroxylation is 1. The molecular weight excluding hydrogens is 328 g/mol. The van der Waals surface area contributed by atoms with Gasteiger partial charge in [-0.05, 0) is 46.2 Å². The second-order valence-electron chi connectivity index (χ2n) is 6.36. The van der Waals surface area contributed by atoms with Crippen LogP contribution in [0.4, 0.5) is 15.4 Å². The van der Waals surface area contributed by atoms with Crippen LogP contribution >= 0.6 is 0 Å². The summed E-state index contributed by atoms with van der Waals surface area (Å²) >= 11 is 0. The van der Waals surface area contributed by atoms with Gasteiger partial charge in [0.25, 0.3) is 5.91 Å². The Morgan fingerprint density at radius 2 is 1.92 bits per heavy atom. The number of nitrogens with one attached hydrogen (secondary N) is 2. The minimum Gasteiger partial charge on any atom is -0.444 e. The molecule has 1 aromatic rings. The summed E-state index contributed by atoms with van der Waals surface area (Å²) in [6.45, 7) is 8.64. The van der Waals surface area contributed by atoms with E-state index in [9.17, 15) is 14.4 Å². The molecule has 0 saturated carbocycles. The first-order valence-electron chi connectivity index (χ1n) is 7.68. The van der Waals surface area contributed by atoms with E-state index in [0.29, 0.717) is 11.5 Å². The lowest BCUT2D eigenvalue weighted by Gasteiger charge is -2.19. The van der Waals surface area contributed by atoms with E-state index in [2.05, 4.69) is 20.4 Å². The highest BCUT2D eigenvalue weighted by atomic mass is 16.6. The number of hydrogen-bond donors (Lipinski definition) is 3. The lowest BCUT2D eigenvalue weighted by Crippen LogP contribution is -2.36. The number of ether oxygens (including phenoxy) is 2. The lowest BCUT2D eigenvalue weighted by molar-refractivity contribution is -0.128. The highest BCUT2D eigenvalue weighted by Gasteiger charge is 2.18. The molecule has 1 heterocycles. The minimum atomic E-state index is -1.02. The van der Waals surface area contributed by atoms with E-state index in [1.807, 2.05) is 0 Å². The molecular formula is C16H24N4O5. The number of nitrogens with two attached hydrogens (primary N) is 1. The predicted octanol–water partition coefficient (Wildman–Crippen LogP) is 1.84. The number of carbonyl (C=O) groups excluding carboxylic acids is 3. The van der Waals surface area contributed by atoms with Crippen molar-refractivity contribution in [3.05, 3.63) is 23.4 Å². The molecule has 0 unspecified atom stereocenters. The van der Waals surface area contributed by atoms with Crippen molar-refractivity contribution in [1.29, 1.82) is 0 Å². The van der Waals surface area contributed by atoms with Crippen molar-refractivity contribution in [3.8, 4) is 0 Å². The number of anilines is 1. The summed E-state index contributed by atoms with van der Waals surface area (Å²) in [4.78, 5) is 38.4. The van der Waals surface area contributed by atoms with Crippen LogP contribution in [0, 0.1) is 6.92 Å². The summed E-state index contributed by atoms with van der Waals surface area (Å²) < 4.78 is 9.73. The van der Waals surface area contributed by atoms with E-state index >= 15 is 0 Å². The summed E-state index contributed by atoms with van der Waals surface area (Å²) in [7, 11) is 0. The molecule has 1 aromatic heterocycles. The molecule has 138 valence electrons. The molecule has 0 saturated heterocycles. The molecule has 0 aromatic carbocycles. The summed E-state index contributed by atoms with van der Waals surface area (Å²) in [6, 6.07) is 3.32. The van der Waals surface area contributed by atoms with Crippen molar-refractivity contribution in [1.82, 2.24) is 10.3 Å². The second kappa shape index (κ2) is 8.32. The van der Waals surface area contributed by atoms with Gasteiger partial charge in [0.2, 0.25) is 0 Å². The van der Waals surface area contributed by atoms with Gasteiger partial charge in [-0.25, -0.2) is 14.6 Å². The zero-order chi connectivity index (χ0) is 19.2. The van der Waals surface area contributed by atoms with Crippen LogP contribution in [-0.2, 0) is 20.8 Å². The van der Waals surface area contributed by atoms with Gasteiger partial charge >= 0.3 is 12.2 Å². The van der Waals surface area contributed by atoms with Gasteiger partial charge in [-0.3, -0.25) is 10.1 Å². The summed E-state index contributed by atoms with van der Waals surface area (Å²) in [6.07, 6.45) is -2.60. The topological polar surface area (TPSA) is 133 Å². The Kier molecular flexibility index (Phi) is 6.72. The van der Waals surface area contributed by atoms with Crippen LogP contribution in [0.5, 0.6) is 0 Å². The molecule has 0 aliphatic carbocycles. The van der Waals surface area contributed by atoms with E-state index < -0.39 is 29.8 Å². The van der Waals surface area contributed by atoms with Crippen molar-refractivity contribution in [2.24, 2.45) is 5.73 Å². The number of aromatic nitrogens is 1. The predicted molar refractivity (Wildman–Crippen MR) is 90.8 cm³/mol. The van der Waals surface area contributed by atoms with Crippen LogP contribution in [0.25, 0.3) is 0 Å². The fourth-order valence-electron chi connectivity index (χ4n) is 1.81. The maximum Gasteiger partial charge on any atom is 0.413 e. The van der Waals surface area contributed by atoms with Gasteiger partial charge in [0.05, 0.1) is 0 Å². The van der Waals surface area contributed by atoms with E-state index in [0.717, 1.165) is 5.56 Å². The molecule has 9 nitrogen and oxygen atoms in total. The Morgan fingerprint density at radius 3 is 2.44 bits per heavy atom. The summed E-state index contributed by atoms with van der Waals surface area (Å²) in [5, 5.41) is 5.15. The maximum absolute atomic E-state index is 11.8. The van der Waals surface area contributed by atoms with Crippen LogP contribution in [-0.4, -0.2) is 34.8 Å². The highest BCUT2D eigenvalue weighted by molar-refractivity contribution is 5.84. The molecule has 1 atom stereocenters. The van der Waals surface area contributed by atoms with Crippen LogP contribution < -0.4 is 16.4 Å². The van der Waals surface area contributed by atoms with Gasteiger partial charge in [-0.2, -0.15) is 0 Å². The Labute approximate surface area is 146 Å². The third-order valence-corrected chi connectivity index (χ3v) is 2.94. The number of hydrogen-bond acceptors (Lipinski definition) is 6. The van der Waals surface area contributed by atoms with Gasteiger partial charge in [0, 0.05) is 12.2 Å². The molecule has 0 spiro atoms. The van der Waals surface area contributed by atoms with Crippen molar-refractivity contribution in [2.45, 2.75) is 52.9 Å². The average molecular weight is 352 g/mol. The number of carbonyl (C=O) groups is 3. The number of primary amides is 1. The van der Waals surface area contributed by atoms with E-state index in [1.54, 1.807) is 39.8 Å². The maximum atomic E-state index is 11.8. The Bertz CT molecular complexity index is 654. The molecule has 0 bridgehead atoms. The standard InChI is InChI=1S/C16H24N4O5/c1-9-11(8-18-13(21)10(2)24-14(17)22)6-7-12(19-9)20-15(23)25-16(3,4)5/h6-7,10H,8H2,1-5H3,(H2,17,22)(H,18,21)(H,19,20,23)/t10-/m0/s1. The van der Waals surface area contributed by atoms with Gasteiger partial charge in [-0.1, -0.05) is 6.07 Å². The molecule has 0 radical (unpaired) electrons. The molecule has 0 aliphatic rings. The third-order valence-electron chi connectivity index (χ3n) is 2.94. The Morgan fingerprint density at radius 1 is 1.28 bits per heavy atom. The van der Waals surface area contributed by atoms with Crippen LogP contribution in [0.2, 0.25) is 0 Å². The van der Waals surface area contributed by atoms with Gasteiger partial charge in [0.15, 0.2) is 6.10 Å². The molecule has 0 fully saturated rings. The minimum absolute atomic E-state index is 0.191. The van der Waals surface area contributed by atoms with E-state index in [1.165, 1.54) is 6.92 Å². The summed E-state index contributed by atoms with van der Waals surface area (Å²) in [5.41, 5.74) is 5.62. The molecule has 25 heavy (non-hydrogen) atoms. The molecule has 0 aliphatic heterocycles. The lowest BCUT2D eigenvalue weighted by atomic mass is 10.2. The van der Waals surface area contributed by atoms with Crippen LogP contribution in [0.15, 0.2) is 12.1 Å². The molecule has 9 heteroatoms. The molecule has 1 rings (SSSR count). The van der Waals surface area contributed by atoms with Crippen molar-refractivity contribution in [3.63, 3.8) is 0 Å². The molecule has 3 amide bonds. The fraction of sp³-hybridized carbons (Fsp3) is 0.500. The second-order valence-corrected chi connectivity index (χ2v) is 6.36. The first kappa shape index (κ1) is 20.2. The van der Waals surface area contributed by atoms with E-state index in [-0.39, 0.29) is 6.54 Å². The number of amides is 3. The Balaban J connectivity index is 2.62. The van der Waals surface area contributed by atoms with E-state index in [4.69, 9.17) is 10.5 Å². The Hall–Kier alpha value is -2.84. The first-order chi connectivity index (χ1) is 11.5. The fourth-order valence-corrected chi connectivity index (χ4v) is 1.81. The largest absolute Gasteiger partial charge is 0.444 e. The zero-order valence-electron chi connectivity index (χ0n) is 15.0. The highest BCUT2D eigenvalue weighted by Crippen LogP contribution is 2.13. The van der Waals surface area contributed by atoms with Gasteiger partial charge < -0.3 is 20.5 Å². The average Bonchev–Trinajstić information content (AvgIpc) is 2.43. The van der Waals surface area contributed by atoms with Crippen molar-refractivity contribution in [2.75, 3.05) is 5.32 Å². The van der Waals surface area contributed by atoms with Crippen molar-refractivity contribution < 1.29 is 23.9 Å². The van der Waals surface area contributed by atoms with Gasteiger partial charge in [-0.15, -0.1) is 0 Å². The monoisotopic (exact) mass is 352 g/mol. The zero-order valence-corrected chi connectivity index (χ0v) is 15.0. The summed E-state index contributed by atoms with van der Waals surface area (Å²) in [5.74, 6) is -0.138. The normalized spacial score (nSPS) is 12.0. The first-order valence-corrected chi connectivity index (χ1v) is 7.68. The van der Waals surface area contributed by atoms with Crippen molar-refractivity contribution >= 4 is 23.9 Å². The van der Waals surface area contributed by atoms with Crippen LogP contribution in [0.3, 0.4) is 0 Å². The quantitative estimate of drug-likeness (QED) is 0.740. The third kappa shape index (κ3) is 7.51.